The van der Waals surface area contributed by atoms with E-state index in [0.717, 1.165) is 34.7 Å². The van der Waals surface area contributed by atoms with Crippen LogP contribution in [0, 0.1) is 5.92 Å². The number of carbonyl (C=O) groups excluding carboxylic acids is 1. The Morgan fingerprint density at radius 3 is 2.74 bits per heavy atom. The molecule has 1 N–H and O–H groups in total. The highest BCUT2D eigenvalue weighted by atomic mass is 32.2. The molecule has 0 radical (unpaired) electrons. The second-order valence-electron chi connectivity index (χ2n) is 6.84. The molecule has 7 heteroatoms. The van der Waals surface area contributed by atoms with Crippen molar-refractivity contribution in [2.45, 2.75) is 36.0 Å². The van der Waals surface area contributed by atoms with Crippen molar-refractivity contribution in [1.29, 1.82) is 0 Å². The predicted octanol–water partition coefficient (Wildman–Crippen LogP) is 3.90. The van der Waals surface area contributed by atoms with Crippen LogP contribution in [0.1, 0.15) is 25.3 Å². The zero-order valence-electron chi connectivity index (χ0n) is 15.1. The number of fused-ring (bicyclic) bond motifs is 1. The average molecular weight is 403 g/mol. The molecule has 0 aromatic heterocycles. The van der Waals surface area contributed by atoms with Gasteiger partial charge in [0.1, 0.15) is 0 Å². The lowest BCUT2D eigenvalue weighted by Gasteiger charge is -2.17. The van der Waals surface area contributed by atoms with Crippen LogP contribution in [0.3, 0.4) is 0 Å². The molecule has 27 heavy (non-hydrogen) atoms. The van der Waals surface area contributed by atoms with Gasteiger partial charge in [-0.05, 0) is 60.9 Å². The normalized spacial score (nSPS) is 16.3. The maximum Gasteiger partial charge on any atom is 0.261 e. The summed E-state index contributed by atoms with van der Waals surface area (Å²) in [7, 11) is -3.68. The third kappa shape index (κ3) is 3.71. The van der Waals surface area contributed by atoms with Gasteiger partial charge in [0.15, 0.2) is 0 Å². The Hall–Kier alpha value is -1.99. The first-order valence-electron chi connectivity index (χ1n) is 9.18. The minimum atomic E-state index is -3.68. The minimum Gasteiger partial charge on any atom is -0.312 e. The van der Waals surface area contributed by atoms with Crippen molar-refractivity contribution in [3.8, 4) is 0 Å². The largest absolute Gasteiger partial charge is 0.312 e. The van der Waals surface area contributed by atoms with Crippen molar-refractivity contribution in [1.82, 2.24) is 0 Å². The molecule has 1 aliphatic heterocycles. The highest BCUT2D eigenvalue weighted by molar-refractivity contribution is 7.99. The van der Waals surface area contributed by atoms with Crippen molar-refractivity contribution in [2.24, 2.45) is 5.92 Å². The van der Waals surface area contributed by atoms with Gasteiger partial charge in [-0.2, -0.15) is 0 Å². The number of nitrogens with zero attached hydrogens (tertiary/aromatic N) is 1. The molecule has 1 saturated carbocycles. The van der Waals surface area contributed by atoms with Gasteiger partial charge < -0.3 is 4.90 Å². The molecule has 2 aliphatic rings. The van der Waals surface area contributed by atoms with Gasteiger partial charge in [-0.1, -0.05) is 19.1 Å². The lowest BCUT2D eigenvalue weighted by Crippen LogP contribution is -2.30. The van der Waals surface area contributed by atoms with Gasteiger partial charge in [0.2, 0.25) is 5.91 Å². The first-order chi connectivity index (χ1) is 13.0. The van der Waals surface area contributed by atoms with Crippen LogP contribution in [0.5, 0.6) is 0 Å². The van der Waals surface area contributed by atoms with E-state index in [1.54, 1.807) is 36.0 Å². The predicted molar refractivity (Wildman–Crippen MR) is 109 cm³/mol. The number of hydrogen-bond donors (Lipinski definition) is 1. The van der Waals surface area contributed by atoms with E-state index in [1.807, 2.05) is 30.0 Å². The summed E-state index contributed by atoms with van der Waals surface area (Å²) in [6.45, 7) is 2.67. The standard InChI is InChI=1S/C20H22N2O3S2/c1-2-26-19-6-4-3-5-17(19)21-27(24,25)16-9-10-18-15(13-16)11-12-22(18)20(23)14-7-8-14/h3-6,9-10,13-14,21H,2,7-8,11-12H2,1H3. The maximum absolute atomic E-state index is 12.9. The average Bonchev–Trinajstić information content (AvgIpc) is 3.42. The van der Waals surface area contributed by atoms with Gasteiger partial charge in [0.05, 0.1) is 10.6 Å². The molecule has 4 rings (SSSR count). The quantitative estimate of drug-likeness (QED) is 0.744. The van der Waals surface area contributed by atoms with Crippen LogP contribution in [0.2, 0.25) is 0 Å². The van der Waals surface area contributed by atoms with Crippen LogP contribution in [-0.2, 0) is 21.2 Å². The highest BCUT2D eigenvalue weighted by Gasteiger charge is 2.36. The van der Waals surface area contributed by atoms with E-state index in [9.17, 15) is 13.2 Å². The summed E-state index contributed by atoms with van der Waals surface area (Å²) in [6, 6.07) is 12.5. The molecule has 0 atom stereocenters. The van der Waals surface area contributed by atoms with Gasteiger partial charge in [-0.25, -0.2) is 8.42 Å². The molecular formula is C20H22N2O3S2. The number of carbonyl (C=O) groups is 1. The molecule has 1 aliphatic carbocycles. The summed E-state index contributed by atoms with van der Waals surface area (Å²) < 4.78 is 28.5. The number of sulfonamides is 1. The summed E-state index contributed by atoms with van der Waals surface area (Å²) in [4.78, 5) is 15.3. The second kappa shape index (κ2) is 7.20. The van der Waals surface area contributed by atoms with Crippen LogP contribution in [-0.4, -0.2) is 26.6 Å². The zero-order chi connectivity index (χ0) is 19.0. The molecule has 0 spiro atoms. The summed E-state index contributed by atoms with van der Waals surface area (Å²) in [5.74, 6) is 1.20. The van der Waals surface area contributed by atoms with E-state index in [0.29, 0.717) is 18.7 Å². The number of thioether (sulfide) groups is 1. The number of nitrogens with one attached hydrogen (secondary N) is 1. The number of rotatable bonds is 6. The van der Waals surface area contributed by atoms with E-state index in [1.165, 1.54) is 0 Å². The number of amides is 1. The molecule has 0 unspecified atom stereocenters. The first-order valence-corrected chi connectivity index (χ1v) is 11.7. The number of para-hydroxylation sites is 1. The third-order valence-electron chi connectivity index (χ3n) is 4.88. The van der Waals surface area contributed by atoms with Gasteiger partial charge in [0.25, 0.3) is 10.0 Å². The van der Waals surface area contributed by atoms with Gasteiger partial charge in [0, 0.05) is 23.0 Å². The van der Waals surface area contributed by atoms with E-state index >= 15 is 0 Å². The Balaban J connectivity index is 1.59. The Kier molecular flexibility index (Phi) is 4.90. The highest BCUT2D eigenvalue weighted by Crippen LogP contribution is 2.37. The monoisotopic (exact) mass is 402 g/mol. The van der Waals surface area contributed by atoms with Gasteiger partial charge >= 0.3 is 0 Å². The van der Waals surface area contributed by atoms with Crippen molar-refractivity contribution in [3.63, 3.8) is 0 Å². The SMILES string of the molecule is CCSc1ccccc1NS(=O)(=O)c1ccc2c(c1)CCN2C(=O)C1CC1. The third-order valence-corrected chi connectivity index (χ3v) is 7.20. The minimum absolute atomic E-state index is 0.161. The second-order valence-corrected chi connectivity index (χ2v) is 9.83. The molecule has 1 fully saturated rings. The van der Waals surface area contributed by atoms with E-state index < -0.39 is 10.0 Å². The molecule has 5 nitrogen and oxygen atoms in total. The summed E-state index contributed by atoms with van der Waals surface area (Å²) in [5.41, 5.74) is 2.37. The van der Waals surface area contributed by atoms with E-state index in [4.69, 9.17) is 0 Å². The first kappa shape index (κ1) is 18.4. The molecule has 0 bridgehead atoms. The Bertz CT molecular complexity index is 984. The fourth-order valence-corrected chi connectivity index (χ4v) is 5.32. The molecule has 1 amide bonds. The topological polar surface area (TPSA) is 66.5 Å². The summed E-state index contributed by atoms with van der Waals surface area (Å²) >= 11 is 1.60. The van der Waals surface area contributed by atoms with Crippen LogP contribution < -0.4 is 9.62 Å². The Morgan fingerprint density at radius 2 is 2.00 bits per heavy atom. The summed E-state index contributed by atoms with van der Waals surface area (Å²) in [5, 5.41) is 0. The van der Waals surface area contributed by atoms with Crippen molar-refractivity contribution >= 4 is 39.1 Å². The molecule has 2 aromatic rings. The molecule has 142 valence electrons. The van der Waals surface area contributed by atoms with Crippen LogP contribution >= 0.6 is 11.8 Å². The lowest BCUT2D eigenvalue weighted by atomic mass is 10.2. The smallest absolute Gasteiger partial charge is 0.261 e. The van der Waals surface area contributed by atoms with Crippen molar-refractivity contribution < 1.29 is 13.2 Å². The van der Waals surface area contributed by atoms with Crippen molar-refractivity contribution in [2.75, 3.05) is 21.9 Å². The number of benzene rings is 2. The summed E-state index contributed by atoms with van der Waals surface area (Å²) in [6.07, 6.45) is 2.63. The lowest BCUT2D eigenvalue weighted by molar-refractivity contribution is -0.119. The van der Waals surface area contributed by atoms with Crippen LogP contribution in [0.4, 0.5) is 11.4 Å². The molecule has 2 aromatic carbocycles. The Morgan fingerprint density at radius 1 is 1.22 bits per heavy atom. The van der Waals surface area contributed by atoms with E-state index in [2.05, 4.69) is 4.72 Å². The zero-order valence-corrected chi connectivity index (χ0v) is 16.8. The van der Waals surface area contributed by atoms with Gasteiger partial charge in [-0.15, -0.1) is 11.8 Å². The van der Waals surface area contributed by atoms with Crippen molar-refractivity contribution in [3.05, 3.63) is 48.0 Å². The fraction of sp³-hybridized carbons (Fsp3) is 0.350. The van der Waals surface area contributed by atoms with Crippen LogP contribution in [0.25, 0.3) is 0 Å². The fourth-order valence-electron chi connectivity index (χ4n) is 3.36. The van der Waals surface area contributed by atoms with Gasteiger partial charge in [-0.3, -0.25) is 9.52 Å². The maximum atomic E-state index is 12.9. The van der Waals surface area contributed by atoms with E-state index in [-0.39, 0.29) is 16.7 Å². The Labute approximate surface area is 164 Å². The molecule has 0 saturated heterocycles. The number of hydrogen-bond acceptors (Lipinski definition) is 4. The molecular weight excluding hydrogens is 380 g/mol. The van der Waals surface area contributed by atoms with Crippen LogP contribution in [0.15, 0.2) is 52.3 Å². The number of anilines is 2. The molecule has 1 heterocycles.